The first kappa shape index (κ1) is 11.9. The van der Waals surface area contributed by atoms with Gasteiger partial charge >= 0.3 is 6.03 Å². The maximum Gasteiger partial charge on any atom is 0.322 e. The lowest BCUT2D eigenvalue weighted by molar-refractivity contribution is 0.208. The molecule has 5 heteroatoms. The zero-order valence-electron chi connectivity index (χ0n) is 9.69. The Morgan fingerprint density at radius 1 is 1.47 bits per heavy atom. The number of urea groups is 1. The summed E-state index contributed by atoms with van der Waals surface area (Å²) in [4.78, 5) is 13.6. The van der Waals surface area contributed by atoms with Crippen LogP contribution in [0.5, 0.6) is 0 Å². The summed E-state index contributed by atoms with van der Waals surface area (Å²) in [6.07, 6.45) is 0.817. The highest BCUT2D eigenvalue weighted by molar-refractivity contribution is 5.89. The first-order valence-electron chi connectivity index (χ1n) is 5.66. The van der Waals surface area contributed by atoms with Crippen molar-refractivity contribution in [3.8, 4) is 0 Å². The van der Waals surface area contributed by atoms with Crippen LogP contribution >= 0.6 is 0 Å². The number of nitrogens with two attached hydrogens (primary N) is 1. The SMILES string of the molecule is CC1C(N)CCN1C(=O)Nc1ccc(F)cc1. The highest BCUT2D eigenvalue weighted by Gasteiger charge is 2.31. The summed E-state index contributed by atoms with van der Waals surface area (Å²) in [5.74, 6) is -0.320. The summed E-state index contributed by atoms with van der Waals surface area (Å²) in [7, 11) is 0. The van der Waals surface area contributed by atoms with Crippen molar-refractivity contribution in [3.63, 3.8) is 0 Å². The van der Waals surface area contributed by atoms with Gasteiger partial charge in [-0.3, -0.25) is 0 Å². The van der Waals surface area contributed by atoms with Gasteiger partial charge in [-0.2, -0.15) is 0 Å². The number of carbonyl (C=O) groups is 1. The first-order chi connectivity index (χ1) is 8.08. The molecule has 2 unspecified atom stereocenters. The van der Waals surface area contributed by atoms with Crippen LogP contribution in [0.4, 0.5) is 14.9 Å². The van der Waals surface area contributed by atoms with E-state index >= 15 is 0 Å². The molecule has 0 spiro atoms. The van der Waals surface area contributed by atoms with E-state index in [9.17, 15) is 9.18 Å². The molecule has 1 aliphatic rings. The van der Waals surface area contributed by atoms with Gasteiger partial charge < -0.3 is 16.0 Å². The number of likely N-dealkylation sites (tertiary alicyclic amines) is 1. The Kier molecular flexibility index (Phi) is 3.28. The number of carbonyl (C=O) groups excluding carboxylic acids is 1. The Hall–Kier alpha value is -1.62. The number of nitrogens with zero attached hydrogens (tertiary/aromatic N) is 1. The highest BCUT2D eigenvalue weighted by atomic mass is 19.1. The molecule has 0 radical (unpaired) electrons. The van der Waals surface area contributed by atoms with Crippen LogP contribution in [0, 0.1) is 5.82 Å². The Morgan fingerprint density at radius 2 is 2.12 bits per heavy atom. The molecule has 2 atom stereocenters. The van der Waals surface area contributed by atoms with E-state index in [1.54, 1.807) is 4.90 Å². The van der Waals surface area contributed by atoms with Crippen molar-refractivity contribution in [3.05, 3.63) is 30.1 Å². The van der Waals surface area contributed by atoms with E-state index in [-0.39, 0.29) is 23.9 Å². The molecule has 1 aromatic rings. The Labute approximate surface area is 99.6 Å². The quantitative estimate of drug-likeness (QED) is 0.782. The lowest BCUT2D eigenvalue weighted by atomic mass is 10.2. The lowest BCUT2D eigenvalue weighted by Gasteiger charge is -2.23. The van der Waals surface area contributed by atoms with Crippen molar-refractivity contribution in [1.82, 2.24) is 4.90 Å². The Morgan fingerprint density at radius 3 is 2.65 bits per heavy atom. The highest BCUT2D eigenvalue weighted by Crippen LogP contribution is 2.17. The van der Waals surface area contributed by atoms with Crippen molar-refractivity contribution in [2.24, 2.45) is 5.73 Å². The third-order valence-corrected chi connectivity index (χ3v) is 3.17. The average molecular weight is 237 g/mol. The van der Waals surface area contributed by atoms with Crippen molar-refractivity contribution >= 4 is 11.7 Å². The molecule has 1 aliphatic heterocycles. The summed E-state index contributed by atoms with van der Waals surface area (Å²) < 4.78 is 12.7. The number of nitrogens with one attached hydrogen (secondary N) is 1. The molecule has 2 rings (SSSR count). The van der Waals surface area contributed by atoms with Gasteiger partial charge in [0.25, 0.3) is 0 Å². The van der Waals surface area contributed by atoms with Crippen molar-refractivity contribution in [2.75, 3.05) is 11.9 Å². The minimum atomic E-state index is -0.320. The minimum Gasteiger partial charge on any atom is -0.326 e. The molecule has 3 N–H and O–H groups in total. The molecule has 92 valence electrons. The number of hydrogen-bond donors (Lipinski definition) is 2. The number of rotatable bonds is 1. The van der Waals surface area contributed by atoms with Crippen LogP contribution in [0.15, 0.2) is 24.3 Å². The largest absolute Gasteiger partial charge is 0.326 e. The summed E-state index contributed by atoms with van der Waals surface area (Å²) in [6, 6.07) is 5.59. The first-order valence-corrected chi connectivity index (χ1v) is 5.66. The molecule has 1 aromatic carbocycles. The fourth-order valence-electron chi connectivity index (χ4n) is 1.98. The van der Waals surface area contributed by atoms with Gasteiger partial charge in [0.15, 0.2) is 0 Å². The number of halogens is 1. The smallest absolute Gasteiger partial charge is 0.322 e. The fourth-order valence-corrected chi connectivity index (χ4v) is 1.98. The van der Waals surface area contributed by atoms with Gasteiger partial charge in [0, 0.05) is 24.3 Å². The molecule has 0 aromatic heterocycles. The van der Waals surface area contributed by atoms with Crippen LogP contribution in [-0.2, 0) is 0 Å². The van der Waals surface area contributed by atoms with Crippen LogP contribution in [-0.4, -0.2) is 29.6 Å². The Balaban J connectivity index is 2.00. The summed E-state index contributed by atoms with van der Waals surface area (Å²) in [5.41, 5.74) is 6.44. The number of amides is 2. The van der Waals surface area contributed by atoms with Gasteiger partial charge in [-0.25, -0.2) is 9.18 Å². The molecule has 2 amide bonds. The van der Waals surface area contributed by atoms with Crippen LogP contribution in [0.1, 0.15) is 13.3 Å². The molecule has 1 saturated heterocycles. The van der Waals surface area contributed by atoms with Crippen molar-refractivity contribution in [2.45, 2.75) is 25.4 Å². The number of hydrogen-bond acceptors (Lipinski definition) is 2. The van der Waals surface area contributed by atoms with Crippen molar-refractivity contribution in [1.29, 1.82) is 0 Å². The summed E-state index contributed by atoms with van der Waals surface area (Å²) in [6.45, 7) is 2.59. The van der Waals surface area contributed by atoms with Crippen LogP contribution in [0.25, 0.3) is 0 Å². The van der Waals surface area contributed by atoms with Gasteiger partial charge in [-0.15, -0.1) is 0 Å². The summed E-state index contributed by atoms with van der Waals surface area (Å²) >= 11 is 0. The monoisotopic (exact) mass is 237 g/mol. The second-order valence-electron chi connectivity index (χ2n) is 4.32. The third-order valence-electron chi connectivity index (χ3n) is 3.17. The number of benzene rings is 1. The normalized spacial score (nSPS) is 23.8. The zero-order chi connectivity index (χ0) is 12.4. The van der Waals surface area contributed by atoms with E-state index in [2.05, 4.69) is 5.32 Å². The van der Waals surface area contributed by atoms with Crippen LogP contribution in [0.2, 0.25) is 0 Å². The maximum absolute atomic E-state index is 12.7. The van der Waals surface area contributed by atoms with E-state index in [0.717, 1.165) is 6.42 Å². The van der Waals surface area contributed by atoms with E-state index in [1.807, 2.05) is 6.92 Å². The standard InChI is InChI=1S/C12H16FN3O/c1-8-11(14)6-7-16(8)12(17)15-10-4-2-9(13)3-5-10/h2-5,8,11H,6-7,14H2,1H3,(H,15,17). The lowest BCUT2D eigenvalue weighted by Crippen LogP contribution is -2.42. The molecule has 1 fully saturated rings. The van der Waals surface area contributed by atoms with Gasteiger partial charge in [-0.1, -0.05) is 0 Å². The van der Waals surface area contributed by atoms with Crippen LogP contribution in [0.3, 0.4) is 0 Å². The van der Waals surface area contributed by atoms with Crippen LogP contribution < -0.4 is 11.1 Å². The fraction of sp³-hybridized carbons (Fsp3) is 0.417. The predicted octanol–water partition coefficient (Wildman–Crippen LogP) is 1.78. The molecular formula is C12H16FN3O. The Bertz CT molecular complexity index is 407. The predicted molar refractivity (Wildman–Crippen MR) is 64.2 cm³/mol. The van der Waals surface area contributed by atoms with E-state index < -0.39 is 0 Å². The second kappa shape index (κ2) is 4.71. The van der Waals surface area contributed by atoms with Crippen molar-refractivity contribution < 1.29 is 9.18 Å². The molecule has 0 aliphatic carbocycles. The second-order valence-corrected chi connectivity index (χ2v) is 4.32. The molecular weight excluding hydrogens is 221 g/mol. The maximum atomic E-state index is 12.7. The third kappa shape index (κ3) is 2.55. The average Bonchev–Trinajstić information content (AvgIpc) is 2.63. The van der Waals surface area contributed by atoms with Gasteiger partial charge in [0.05, 0.1) is 0 Å². The van der Waals surface area contributed by atoms with Gasteiger partial charge in [-0.05, 0) is 37.6 Å². The van der Waals surface area contributed by atoms with Gasteiger partial charge in [0.1, 0.15) is 5.82 Å². The topological polar surface area (TPSA) is 58.4 Å². The van der Waals surface area contributed by atoms with E-state index in [1.165, 1.54) is 24.3 Å². The molecule has 1 heterocycles. The molecule has 4 nitrogen and oxygen atoms in total. The molecule has 0 saturated carbocycles. The molecule has 17 heavy (non-hydrogen) atoms. The minimum absolute atomic E-state index is 0.0361. The van der Waals surface area contributed by atoms with E-state index in [0.29, 0.717) is 12.2 Å². The summed E-state index contributed by atoms with van der Waals surface area (Å²) in [5, 5.41) is 2.73. The number of anilines is 1. The van der Waals surface area contributed by atoms with E-state index in [4.69, 9.17) is 5.73 Å². The van der Waals surface area contributed by atoms with Gasteiger partial charge in [0.2, 0.25) is 0 Å². The molecule has 0 bridgehead atoms. The zero-order valence-corrected chi connectivity index (χ0v) is 9.69.